The summed E-state index contributed by atoms with van der Waals surface area (Å²) in [5.74, 6) is 0.871. The van der Waals surface area contributed by atoms with Crippen LogP contribution >= 0.6 is 34.5 Å². The molecule has 0 unspecified atom stereocenters. The number of benzene rings is 2. The van der Waals surface area contributed by atoms with Crippen molar-refractivity contribution in [3.8, 4) is 16.3 Å². The van der Waals surface area contributed by atoms with Gasteiger partial charge in [0.25, 0.3) is 0 Å². The lowest BCUT2D eigenvalue weighted by atomic mass is 10.2. The molecular formula is C18H17Cl2N3OS. The Balaban J connectivity index is 1.67. The van der Waals surface area contributed by atoms with Gasteiger partial charge in [-0.15, -0.1) is 10.2 Å². The maximum Gasteiger partial charge on any atom is 0.210 e. The van der Waals surface area contributed by atoms with Crippen molar-refractivity contribution in [3.63, 3.8) is 0 Å². The van der Waals surface area contributed by atoms with Crippen LogP contribution < -0.4 is 10.1 Å². The van der Waals surface area contributed by atoms with Crippen molar-refractivity contribution in [2.45, 2.75) is 19.8 Å². The van der Waals surface area contributed by atoms with Crippen molar-refractivity contribution >= 4 is 45.4 Å². The first-order chi connectivity index (χ1) is 12.2. The predicted molar refractivity (Wildman–Crippen MR) is 105 cm³/mol. The maximum absolute atomic E-state index is 6.02. The topological polar surface area (TPSA) is 47.0 Å². The third kappa shape index (κ3) is 4.84. The molecule has 1 N–H and O–H groups in total. The molecule has 0 saturated carbocycles. The molecule has 3 rings (SSSR count). The van der Waals surface area contributed by atoms with Crippen LogP contribution in [0.2, 0.25) is 10.0 Å². The number of rotatable bonds is 7. The highest BCUT2D eigenvalue weighted by molar-refractivity contribution is 7.18. The Morgan fingerprint density at radius 3 is 2.56 bits per heavy atom. The maximum atomic E-state index is 6.02. The van der Waals surface area contributed by atoms with Gasteiger partial charge >= 0.3 is 0 Å². The van der Waals surface area contributed by atoms with Crippen LogP contribution in [0.25, 0.3) is 10.6 Å². The lowest BCUT2D eigenvalue weighted by molar-refractivity contribution is 0.309. The van der Waals surface area contributed by atoms with Crippen LogP contribution in [0, 0.1) is 0 Å². The molecule has 0 fully saturated rings. The molecule has 7 heteroatoms. The van der Waals surface area contributed by atoms with Crippen LogP contribution in [0.4, 0.5) is 10.8 Å². The highest BCUT2D eigenvalue weighted by Crippen LogP contribution is 2.31. The van der Waals surface area contributed by atoms with Gasteiger partial charge in [-0.05, 0) is 48.9 Å². The summed E-state index contributed by atoms with van der Waals surface area (Å²) in [6, 6.07) is 13.2. The number of ether oxygens (including phenoxy) is 1. The Morgan fingerprint density at radius 1 is 1.04 bits per heavy atom. The number of halogens is 2. The predicted octanol–water partition coefficient (Wildman–Crippen LogP) is 6.43. The van der Waals surface area contributed by atoms with E-state index >= 15 is 0 Å². The molecule has 0 bridgehead atoms. The second-order valence-electron chi connectivity index (χ2n) is 5.39. The summed E-state index contributed by atoms with van der Waals surface area (Å²) in [5, 5.41) is 14.1. The molecule has 25 heavy (non-hydrogen) atoms. The summed E-state index contributed by atoms with van der Waals surface area (Å²) in [6.07, 6.45) is 2.18. The molecule has 3 aromatic rings. The zero-order valence-electron chi connectivity index (χ0n) is 13.6. The molecule has 0 aliphatic heterocycles. The average Bonchev–Trinajstić information content (AvgIpc) is 3.07. The van der Waals surface area contributed by atoms with E-state index in [9.17, 15) is 0 Å². The molecule has 0 aliphatic carbocycles. The minimum absolute atomic E-state index is 0.495. The lowest BCUT2D eigenvalue weighted by Crippen LogP contribution is -1.95. The van der Waals surface area contributed by atoms with Crippen LogP contribution in [-0.2, 0) is 0 Å². The Labute approximate surface area is 160 Å². The molecule has 0 aliphatic rings. The minimum atomic E-state index is 0.495. The van der Waals surface area contributed by atoms with E-state index in [0.717, 1.165) is 41.5 Å². The van der Waals surface area contributed by atoms with Gasteiger partial charge in [0.1, 0.15) is 10.8 Å². The Bertz CT molecular complexity index is 837. The number of unbranched alkanes of at least 4 members (excludes halogenated alkanes) is 1. The van der Waals surface area contributed by atoms with Gasteiger partial charge in [-0.2, -0.15) is 0 Å². The number of hydrogen-bond donors (Lipinski definition) is 1. The second-order valence-corrected chi connectivity index (χ2v) is 7.18. The van der Waals surface area contributed by atoms with E-state index < -0.39 is 0 Å². The number of aromatic nitrogens is 2. The standard InChI is InChI=1S/C18H17Cl2N3OS/c1-2-3-10-24-14-7-4-12(5-8-14)17-22-23-18(25-17)21-13-6-9-15(19)16(20)11-13/h4-9,11H,2-3,10H2,1H3,(H,21,23). The zero-order chi connectivity index (χ0) is 17.6. The molecule has 2 aromatic carbocycles. The smallest absolute Gasteiger partial charge is 0.210 e. The summed E-state index contributed by atoms with van der Waals surface area (Å²) in [4.78, 5) is 0. The van der Waals surface area contributed by atoms with Gasteiger partial charge < -0.3 is 10.1 Å². The zero-order valence-corrected chi connectivity index (χ0v) is 16.0. The highest BCUT2D eigenvalue weighted by atomic mass is 35.5. The van der Waals surface area contributed by atoms with E-state index in [0.29, 0.717) is 15.2 Å². The van der Waals surface area contributed by atoms with Gasteiger partial charge in [-0.1, -0.05) is 47.9 Å². The van der Waals surface area contributed by atoms with Gasteiger partial charge in [0.15, 0.2) is 0 Å². The summed E-state index contributed by atoms with van der Waals surface area (Å²) >= 11 is 13.4. The largest absolute Gasteiger partial charge is 0.494 e. The van der Waals surface area contributed by atoms with Crippen molar-refractivity contribution in [1.82, 2.24) is 10.2 Å². The summed E-state index contributed by atoms with van der Waals surface area (Å²) < 4.78 is 5.67. The van der Waals surface area contributed by atoms with Gasteiger partial charge in [-0.25, -0.2) is 0 Å². The van der Waals surface area contributed by atoms with E-state index in [4.69, 9.17) is 27.9 Å². The SMILES string of the molecule is CCCCOc1ccc(-c2nnc(Nc3ccc(Cl)c(Cl)c3)s2)cc1. The Morgan fingerprint density at radius 2 is 1.84 bits per heavy atom. The fourth-order valence-corrected chi connectivity index (χ4v) is 3.18. The quantitative estimate of drug-likeness (QED) is 0.469. The van der Waals surface area contributed by atoms with Crippen molar-refractivity contribution < 1.29 is 4.74 Å². The van der Waals surface area contributed by atoms with Gasteiger partial charge in [-0.3, -0.25) is 0 Å². The van der Waals surface area contributed by atoms with Crippen molar-refractivity contribution in [2.75, 3.05) is 11.9 Å². The van der Waals surface area contributed by atoms with E-state index in [-0.39, 0.29) is 0 Å². The molecule has 4 nitrogen and oxygen atoms in total. The molecule has 1 aromatic heterocycles. The lowest BCUT2D eigenvalue weighted by Gasteiger charge is -2.05. The fourth-order valence-electron chi connectivity index (χ4n) is 2.12. The van der Waals surface area contributed by atoms with Crippen LogP contribution in [0.5, 0.6) is 5.75 Å². The molecule has 130 valence electrons. The van der Waals surface area contributed by atoms with Crippen molar-refractivity contribution in [1.29, 1.82) is 0 Å². The first-order valence-electron chi connectivity index (χ1n) is 7.94. The minimum Gasteiger partial charge on any atom is -0.494 e. The van der Waals surface area contributed by atoms with E-state index in [2.05, 4.69) is 22.4 Å². The monoisotopic (exact) mass is 393 g/mol. The molecule has 1 heterocycles. The van der Waals surface area contributed by atoms with E-state index in [1.54, 1.807) is 12.1 Å². The van der Waals surface area contributed by atoms with Crippen molar-refractivity contribution in [3.05, 3.63) is 52.5 Å². The summed E-state index contributed by atoms with van der Waals surface area (Å²) in [5.41, 5.74) is 1.82. The first kappa shape index (κ1) is 18.0. The second kappa shape index (κ2) is 8.52. The van der Waals surface area contributed by atoms with E-state index in [1.807, 2.05) is 30.3 Å². The number of anilines is 2. The average molecular weight is 394 g/mol. The third-order valence-electron chi connectivity index (χ3n) is 3.46. The number of hydrogen-bond acceptors (Lipinski definition) is 5. The van der Waals surface area contributed by atoms with Crippen LogP contribution in [0.3, 0.4) is 0 Å². The normalized spacial score (nSPS) is 10.7. The third-order valence-corrected chi connectivity index (χ3v) is 5.09. The van der Waals surface area contributed by atoms with Gasteiger partial charge in [0.05, 0.1) is 16.7 Å². The Kier molecular flexibility index (Phi) is 6.13. The van der Waals surface area contributed by atoms with Crippen molar-refractivity contribution in [2.24, 2.45) is 0 Å². The molecule has 0 saturated heterocycles. The molecule has 0 spiro atoms. The summed E-state index contributed by atoms with van der Waals surface area (Å²) in [7, 11) is 0. The Hall–Kier alpha value is -1.82. The van der Waals surface area contributed by atoms with Crippen LogP contribution in [0.1, 0.15) is 19.8 Å². The molecule has 0 amide bonds. The summed E-state index contributed by atoms with van der Waals surface area (Å²) in [6.45, 7) is 2.89. The molecular weight excluding hydrogens is 377 g/mol. The number of nitrogens with zero attached hydrogens (tertiary/aromatic N) is 2. The fraction of sp³-hybridized carbons (Fsp3) is 0.222. The molecule has 0 radical (unpaired) electrons. The van der Waals surface area contributed by atoms with E-state index in [1.165, 1.54) is 11.3 Å². The van der Waals surface area contributed by atoms with Crippen LogP contribution in [0.15, 0.2) is 42.5 Å². The first-order valence-corrected chi connectivity index (χ1v) is 9.52. The van der Waals surface area contributed by atoms with Gasteiger partial charge in [0.2, 0.25) is 5.13 Å². The highest BCUT2D eigenvalue weighted by Gasteiger charge is 2.08. The molecule has 0 atom stereocenters. The number of nitrogens with one attached hydrogen (secondary N) is 1. The van der Waals surface area contributed by atoms with Gasteiger partial charge in [0, 0.05) is 11.3 Å². The van der Waals surface area contributed by atoms with Crippen LogP contribution in [-0.4, -0.2) is 16.8 Å².